The van der Waals surface area contributed by atoms with Gasteiger partial charge in [-0.3, -0.25) is 0 Å². The molecule has 0 aromatic heterocycles. The first-order chi connectivity index (χ1) is 13.0. The molecule has 0 heterocycles. The molecular formula is C21H32N2O3Si. The van der Waals surface area contributed by atoms with Crippen LogP contribution in [-0.4, -0.2) is 34.6 Å². The second-order valence-corrected chi connectivity index (χ2v) is 9.17. The highest BCUT2D eigenvalue weighted by Gasteiger charge is 2.49. The molecule has 6 heteroatoms. The van der Waals surface area contributed by atoms with Crippen LogP contribution < -0.4 is 11.5 Å². The van der Waals surface area contributed by atoms with Gasteiger partial charge in [-0.15, -0.1) is 0 Å². The first-order valence-corrected chi connectivity index (χ1v) is 11.5. The molecule has 0 radical (unpaired) electrons. The van der Waals surface area contributed by atoms with Gasteiger partial charge in [0.2, 0.25) is 0 Å². The summed E-state index contributed by atoms with van der Waals surface area (Å²) in [4.78, 5) is 0. The van der Waals surface area contributed by atoms with E-state index in [2.05, 4.69) is 31.2 Å². The zero-order valence-electron chi connectivity index (χ0n) is 16.6. The van der Waals surface area contributed by atoms with E-state index in [0.29, 0.717) is 25.8 Å². The van der Waals surface area contributed by atoms with Crippen LogP contribution in [0, 0.1) is 0 Å². The second kappa shape index (κ2) is 10.1. The summed E-state index contributed by atoms with van der Waals surface area (Å²) in [6.45, 7) is 7.28. The summed E-state index contributed by atoms with van der Waals surface area (Å²) in [7, 11) is -3.09. The number of benzene rings is 2. The molecule has 0 bridgehead atoms. The summed E-state index contributed by atoms with van der Waals surface area (Å²) in [6.07, 6.45) is 0. The summed E-state index contributed by atoms with van der Waals surface area (Å²) in [5, 5.41) is 0. The third kappa shape index (κ3) is 5.48. The Morgan fingerprint density at radius 3 is 1.70 bits per heavy atom. The number of hydrogen-bond acceptors (Lipinski definition) is 5. The zero-order valence-corrected chi connectivity index (χ0v) is 17.6. The van der Waals surface area contributed by atoms with Crippen molar-refractivity contribution in [3.05, 3.63) is 71.8 Å². The van der Waals surface area contributed by atoms with Gasteiger partial charge in [-0.1, -0.05) is 60.7 Å². The zero-order chi connectivity index (χ0) is 19.8. The molecular weight excluding hydrogens is 356 g/mol. The van der Waals surface area contributed by atoms with Crippen molar-refractivity contribution < 1.29 is 13.3 Å². The van der Waals surface area contributed by atoms with Crippen LogP contribution in [0.25, 0.3) is 0 Å². The van der Waals surface area contributed by atoms with Crippen LogP contribution in [0.5, 0.6) is 0 Å². The first kappa shape index (κ1) is 21.8. The minimum Gasteiger partial charge on any atom is -0.374 e. The van der Waals surface area contributed by atoms with E-state index in [-0.39, 0.29) is 6.04 Å². The van der Waals surface area contributed by atoms with E-state index in [4.69, 9.17) is 24.7 Å². The molecule has 0 aliphatic rings. The first-order valence-electron chi connectivity index (χ1n) is 9.54. The van der Waals surface area contributed by atoms with E-state index in [1.807, 2.05) is 50.2 Å². The lowest BCUT2D eigenvalue weighted by Crippen LogP contribution is -2.55. The Morgan fingerprint density at radius 2 is 1.33 bits per heavy atom. The molecule has 148 valence electrons. The molecule has 0 aliphatic carbocycles. The normalized spacial score (nSPS) is 13.5. The fraction of sp³-hybridized carbons (Fsp3) is 0.429. The Morgan fingerprint density at radius 1 is 0.889 bits per heavy atom. The van der Waals surface area contributed by atoms with Crippen LogP contribution in [0.3, 0.4) is 0 Å². The van der Waals surface area contributed by atoms with E-state index in [1.165, 1.54) is 0 Å². The van der Waals surface area contributed by atoms with E-state index >= 15 is 0 Å². The Hall–Kier alpha value is -1.54. The van der Waals surface area contributed by atoms with Gasteiger partial charge < -0.3 is 24.7 Å². The lowest BCUT2D eigenvalue weighted by Gasteiger charge is -2.40. The lowest BCUT2D eigenvalue weighted by molar-refractivity contribution is -0.00243. The van der Waals surface area contributed by atoms with Crippen molar-refractivity contribution in [3.8, 4) is 0 Å². The molecule has 0 spiro atoms. The quantitative estimate of drug-likeness (QED) is 0.578. The molecule has 1 unspecified atom stereocenters. The molecule has 0 saturated heterocycles. The predicted molar refractivity (Wildman–Crippen MR) is 111 cm³/mol. The molecule has 0 saturated carbocycles. The Kier molecular flexibility index (Phi) is 8.16. The second-order valence-electron chi connectivity index (χ2n) is 6.62. The number of nitrogens with two attached hydrogens (primary N) is 2. The lowest BCUT2D eigenvalue weighted by atomic mass is 9.88. The maximum atomic E-state index is 6.81. The van der Waals surface area contributed by atoms with Gasteiger partial charge >= 0.3 is 8.80 Å². The molecule has 2 aromatic carbocycles. The minimum atomic E-state index is -3.09. The fourth-order valence-electron chi connectivity index (χ4n) is 3.21. The van der Waals surface area contributed by atoms with E-state index in [9.17, 15) is 0 Å². The third-order valence-electron chi connectivity index (χ3n) is 4.55. The van der Waals surface area contributed by atoms with Gasteiger partial charge in [0.1, 0.15) is 5.60 Å². The van der Waals surface area contributed by atoms with Gasteiger partial charge in [-0.25, -0.2) is 0 Å². The van der Waals surface area contributed by atoms with Crippen molar-refractivity contribution in [1.82, 2.24) is 0 Å². The summed E-state index contributed by atoms with van der Waals surface area (Å²) in [6, 6.07) is 20.5. The molecule has 0 amide bonds. The standard InChI is InChI=1S/C21H32N2O3Si/c1-4-24-27(25-5-2,17-20(23)16-22)26-21(3,18-12-8-6-9-13-18)19-14-10-7-11-15-19/h6-15,20H,4-5,16-17,22-23H2,1-3H3. The van der Waals surface area contributed by atoms with Gasteiger partial charge in [-0.05, 0) is 31.9 Å². The molecule has 5 nitrogen and oxygen atoms in total. The summed E-state index contributed by atoms with van der Waals surface area (Å²) < 4.78 is 19.1. The Balaban J connectivity index is 2.52. The molecule has 2 rings (SSSR count). The van der Waals surface area contributed by atoms with Gasteiger partial charge in [0.05, 0.1) is 0 Å². The summed E-state index contributed by atoms with van der Waals surface area (Å²) >= 11 is 0. The predicted octanol–water partition coefficient (Wildman–Crippen LogP) is 3.26. The van der Waals surface area contributed by atoms with Crippen molar-refractivity contribution in [1.29, 1.82) is 0 Å². The van der Waals surface area contributed by atoms with Crippen LogP contribution in [0.1, 0.15) is 31.9 Å². The van der Waals surface area contributed by atoms with Gasteiger partial charge in [-0.2, -0.15) is 0 Å². The highest BCUT2D eigenvalue weighted by Crippen LogP contribution is 2.38. The van der Waals surface area contributed by atoms with E-state index < -0.39 is 14.4 Å². The van der Waals surface area contributed by atoms with Gasteiger partial charge in [0.15, 0.2) is 0 Å². The number of rotatable bonds is 11. The monoisotopic (exact) mass is 388 g/mol. The topological polar surface area (TPSA) is 79.7 Å². The highest BCUT2D eigenvalue weighted by atomic mass is 28.4. The van der Waals surface area contributed by atoms with Crippen LogP contribution in [0.2, 0.25) is 6.04 Å². The van der Waals surface area contributed by atoms with Crippen LogP contribution in [-0.2, 0) is 18.9 Å². The molecule has 2 aromatic rings. The van der Waals surface area contributed by atoms with Crippen molar-refractivity contribution in [2.75, 3.05) is 19.8 Å². The molecule has 1 atom stereocenters. The van der Waals surface area contributed by atoms with Crippen molar-refractivity contribution in [3.63, 3.8) is 0 Å². The van der Waals surface area contributed by atoms with Crippen LogP contribution in [0.15, 0.2) is 60.7 Å². The van der Waals surface area contributed by atoms with Crippen LogP contribution >= 0.6 is 0 Å². The summed E-state index contributed by atoms with van der Waals surface area (Å²) in [5.41, 5.74) is 13.3. The van der Waals surface area contributed by atoms with Gasteiger partial charge in [0, 0.05) is 31.8 Å². The molecule has 0 fully saturated rings. The average molecular weight is 389 g/mol. The Bertz CT molecular complexity index is 624. The van der Waals surface area contributed by atoms with Gasteiger partial charge in [0.25, 0.3) is 0 Å². The SMILES string of the molecule is CCO[Si](CC(N)CN)(OCC)OC(C)(c1ccccc1)c1ccccc1. The molecule has 0 aliphatic heterocycles. The van der Waals surface area contributed by atoms with Crippen molar-refractivity contribution in [2.45, 2.75) is 38.5 Å². The van der Waals surface area contributed by atoms with Crippen molar-refractivity contribution >= 4 is 8.80 Å². The van der Waals surface area contributed by atoms with Crippen LogP contribution in [0.4, 0.5) is 0 Å². The molecule has 27 heavy (non-hydrogen) atoms. The highest BCUT2D eigenvalue weighted by molar-refractivity contribution is 6.61. The van der Waals surface area contributed by atoms with Crippen molar-refractivity contribution in [2.24, 2.45) is 11.5 Å². The van der Waals surface area contributed by atoms with E-state index in [0.717, 1.165) is 11.1 Å². The molecule has 4 N–H and O–H groups in total. The summed E-state index contributed by atoms with van der Waals surface area (Å²) in [5.74, 6) is 0. The minimum absolute atomic E-state index is 0.245. The third-order valence-corrected chi connectivity index (χ3v) is 7.75. The maximum Gasteiger partial charge on any atom is 0.503 e. The number of hydrogen-bond donors (Lipinski definition) is 2. The average Bonchev–Trinajstić information content (AvgIpc) is 2.69. The fourth-order valence-corrected chi connectivity index (χ4v) is 6.28. The largest absolute Gasteiger partial charge is 0.503 e. The smallest absolute Gasteiger partial charge is 0.374 e. The van der Waals surface area contributed by atoms with E-state index in [1.54, 1.807) is 0 Å². The maximum absolute atomic E-state index is 6.81. The Labute approximate surface area is 164 Å².